The van der Waals surface area contributed by atoms with Gasteiger partial charge in [0.25, 0.3) is 0 Å². The van der Waals surface area contributed by atoms with Crippen molar-refractivity contribution in [3.63, 3.8) is 0 Å². The molecule has 1 nitrogen and oxygen atoms in total. The van der Waals surface area contributed by atoms with Crippen molar-refractivity contribution < 1.29 is 23.3 Å². The summed E-state index contributed by atoms with van der Waals surface area (Å²) in [7, 11) is 0.892. The van der Waals surface area contributed by atoms with Crippen LogP contribution in [0.25, 0.3) is 0 Å². The molecule has 1 aromatic carbocycles. The second-order valence-corrected chi connectivity index (χ2v) is 12.0. The molecule has 0 aliphatic carbocycles. The molecule has 0 aromatic heterocycles. The Kier molecular flexibility index (Phi) is 21.4. The molecule has 0 aliphatic heterocycles. The van der Waals surface area contributed by atoms with Gasteiger partial charge in [0.05, 0.1) is 0 Å². The number of benzene rings is 1. The monoisotopic (exact) mass is 418 g/mol. The number of hydrogen-bond donors (Lipinski definition) is 0. The number of halogens is 1. The Bertz CT molecular complexity index is 359. The van der Waals surface area contributed by atoms with E-state index in [4.69, 9.17) is 0 Å². The Hall–Kier alpha value is 0.174. The molecule has 0 heterocycles. The maximum atomic E-state index is 11.7. The third kappa shape index (κ3) is 14.5. The number of carbonyl (C=O) groups excluding carboxylic acids is 1. The van der Waals surface area contributed by atoms with Crippen LogP contribution in [0.5, 0.6) is 0 Å². The average molecular weight is 419 g/mol. The Morgan fingerprint density at radius 3 is 1.33 bits per heavy atom. The second kappa shape index (κ2) is 19.5. The molecular weight excluding hydrogens is 384 g/mol. The van der Waals surface area contributed by atoms with E-state index in [-0.39, 0.29) is 0 Å². The fourth-order valence-electron chi connectivity index (χ4n) is 1.94. The predicted octanol–water partition coefficient (Wildman–Crippen LogP) is 6.85. The van der Waals surface area contributed by atoms with Crippen LogP contribution in [0.1, 0.15) is 51.9 Å². The van der Waals surface area contributed by atoms with E-state index < -0.39 is 19.6 Å². The van der Waals surface area contributed by atoms with Crippen molar-refractivity contribution >= 4 is 20.6 Å². The first-order valence-electron chi connectivity index (χ1n) is 8.78. The summed E-state index contributed by atoms with van der Waals surface area (Å²) < 4.78 is 11.1. The Morgan fingerprint density at radius 2 is 1.12 bits per heavy atom. The molecule has 144 valence electrons. The molecule has 0 radical (unpaired) electrons. The summed E-state index contributed by atoms with van der Waals surface area (Å²) in [6, 6.07) is 8.35. The summed E-state index contributed by atoms with van der Waals surface area (Å²) in [5.74, 6) is 0. The molecule has 0 saturated carbocycles. The van der Waals surface area contributed by atoms with Crippen LogP contribution < -0.4 is 0 Å². The van der Waals surface area contributed by atoms with Gasteiger partial charge in [-0.05, 0) is 37.0 Å². The van der Waals surface area contributed by atoms with E-state index in [1.54, 1.807) is 30.3 Å². The van der Waals surface area contributed by atoms with Crippen molar-refractivity contribution in [2.75, 3.05) is 37.0 Å². The summed E-state index contributed by atoms with van der Waals surface area (Å²) in [6.45, 7) is 13.7. The van der Waals surface area contributed by atoms with Crippen molar-refractivity contribution in [2.45, 2.75) is 41.5 Å². The third-order valence-electron chi connectivity index (χ3n) is 3.72. The molecule has 0 amide bonds. The fourth-order valence-corrected chi connectivity index (χ4v) is 4.89. The minimum absolute atomic E-state index is 0.407. The zero-order chi connectivity index (χ0) is 18.8. The first-order valence-corrected chi connectivity index (χ1v) is 13.4. The molecule has 0 bridgehead atoms. The van der Waals surface area contributed by atoms with Crippen molar-refractivity contribution in [3.05, 3.63) is 35.9 Å². The molecule has 1 rings (SSSR count). The summed E-state index contributed by atoms with van der Waals surface area (Å²) in [5.41, 5.74) is 0.407. The normalized spacial score (nSPS) is 10.0. The van der Waals surface area contributed by atoms with Gasteiger partial charge in [-0.2, -0.15) is 0 Å². The average Bonchev–Trinajstić information content (AvgIpc) is 2.66. The topological polar surface area (TPSA) is 17.1 Å². The van der Waals surface area contributed by atoms with Crippen LogP contribution in [-0.2, 0) is 14.9 Å². The van der Waals surface area contributed by atoms with E-state index in [9.17, 15) is 8.40 Å². The van der Waals surface area contributed by atoms with Crippen LogP contribution in [-0.4, -0.2) is 41.7 Å². The van der Waals surface area contributed by atoms with E-state index >= 15 is 0 Å². The number of rotatable bonds is 8. The quantitative estimate of drug-likeness (QED) is 0.333. The maximum absolute atomic E-state index is 11.7. The molecule has 0 atom stereocenters. The zero-order valence-corrected chi connectivity index (χ0v) is 18.9. The molecule has 0 spiro atoms. The van der Waals surface area contributed by atoms with Crippen molar-refractivity contribution in [1.29, 1.82) is 0 Å². The number of hydrogen-bond acceptors (Lipinski definition) is 1. The molecule has 1 aromatic rings. The standard InChI is InChI=1S/C7H5O.2C6H15P.FH.Ni/c8-6-7-4-2-1-3-5-7;2*1-4-7(5-2)6-3;;/h1-5H;2*4-6H2,1-3H3;1H;/q;;;;+1/p-1. The predicted molar refractivity (Wildman–Crippen MR) is 109 cm³/mol. The molecular formula is C19H35FNiOP2. The van der Waals surface area contributed by atoms with Crippen LogP contribution in [0.2, 0.25) is 0 Å². The molecule has 0 fully saturated rings. The van der Waals surface area contributed by atoms with Crippen LogP contribution in [0.15, 0.2) is 30.3 Å². The molecule has 0 aliphatic rings. The SMILES string of the molecule is CCP(CC)CC.CCP(CC)CC.O=[C]([Ni][F])c1ccccc1. The van der Waals surface area contributed by atoms with Gasteiger partial charge in [0.15, 0.2) is 0 Å². The van der Waals surface area contributed by atoms with E-state index in [1.165, 1.54) is 37.0 Å². The molecule has 24 heavy (non-hydrogen) atoms. The first kappa shape index (κ1) is 26.4. The summed E-state index contributed by atoms with van der Waals surface area (Å²) in [4.78, 5) is 10.6. The van der Waals surface area contributed by atoms with E-state index in [0.29, 0.717) is 21.4 Å². The van der Waals surface area contributed by atoms with Gasteiger partial charge in [0.1, 0.15) is 0 Å². The Labute approximate surface area is 158 Å². The van der Waals surface area contributed by atoms with Gasteiger partial charge < -0.3 is 0 Å². The summed E-state index contributed by atoms with van der Waals surface area (Å²) in [6.07, 6.45) is 8.51. The van der Waals surface area contributed by atoms with E-state index in [0.717, 1.165) is 0 Å². The van der Waals surface area contributed by atoms with Gasteiger partial charge in [-0.15, -0.1) is 15.8 Å². The van der Waals surface area contributed by atoms with Gasteiger partial charge >= 0.3 is 63.9 Å². The number of carbonyl (C=O) groups is 1. The van der Waals surface area contributed by atoms with Gasteiger partial charge in [-0.1, -0.05) is 41.5 Å². The fraction of sp³-hybridized carbons (Fsp3) is 0.632. The van der Waals surface area contributed by atoms with E-state index in [1.807, 2.05) is 0 Å². The van der Waals surface area contributed by atoms with Crippen molar-refractivity contribution in [3.8, 4) is 0 Å². The molecule has 0 N–H and O–H groups in total. The van der Waals surface area contributed by atoms with E-state index in [2.05, 4.69) is 41.5 Å². The summed E-state index contributed by atoms with van der Waals surface area (Å²) in [5, 5.41) is 0. The second-order valence-electron chi connectivity index (χ2n) is 4.91. The Morgan fingerprint density at radius 1 is 0.792 bits per heavy atom. The third-order valence-corrected chi connectivity index (χ3v) is 9.54. The Balaban J connectivity index is 0. The van der Waals surface area contributed by atoms with Crippen molar-refractivity contribution in [2.24, 2.45) is 0 Å². The molecule has 0 unspecified atom stereocenters. The first-order chi connectivity index (χ1) is 11.5. The van der Waals surface area contributed by atoms with Crippen molar-refractivity contribution in [1.82, 2.24) is 0 Å². The minimum atomic E-state index is -0.520. The molecule has 0 saturated heterocycles. The van der Waals surface area contributed by atoms with Crippen LogP contribution >= 0.6 is 15.8 Å². The van der Waals surface area contributed by atoms with Gasteiger partial charge in [-0.25, -0.2) is 0 Å². The van der Waals surface area contributed by atoms with Gasteiger partial charge in [0.2, 0.25) is 0 Å². The van der Waals surface area contributed by atoms with Crippen LogP contribution in [0.4, 0.5) is 3.61 Å². The van der Waals surface area contributed by atoms with Gasteiger partial charge in [-0.3, -0.25) is 0 Å². The van der Waals surface area contributed by atoms with Gasteiger partial charge in [0, 0.05) is 0 Å². The van der Waals surface area contributed by atoms with Crippen LogP contribution in [0, 0.1) is 0 Å². The summed E-state index contributed by atoms with van der Waals surface area (Å²) >= 11 is -0.424. The zero-order valence-electron chi connectivity index (χ0n) is 16.1. The van der Waals surface area contributed by atoms with Crippen LogP contribution in [0.3, 0.4) is 0 Å². The molecule has 5 heteroatoms.